The number of anilines is 2. The minimum atomic E-state index is -0.0208. The Balaban J connectivity index is 1.23. The van der Waals surface area contributed by atoms with Crippen molar-refractivity contribution in [3.63, 3.8) is 0 Å². The van der Waals surface area contributed by atoms with Crippen molar-refractivity contribution in [1.82, 2.24) is 20.2 Å². The normalized spacial score (nSPS) is 21.8. The number of rotatable bonds is 7. The standard InChI is InChI=1S/C30H36N6O3/c1-19-26(16-33-36(19)22-9-11-31-12-10-22)24-6-4-5-21-15-32-29(14-25(21)24)34-27-8-7-20(13-28(27)39-3)30(37)35-17-23(18-35)38-2/h4-8,13-16,19,22-23,26,31H,9-12,17-18H2,1-3H3,(H,32,34). The Morgan fingerprint density at radius 2 is 1.92 bits per heavy atom. The Bertz CT molecular complexity index is 1380. The van der Waals surface area contributed by atoms with Gasteiger partial charge in [0.15, 0.2) is 0 Å². The number of likely N-dealkylation sites (tertiary alicyclic amines) is 1. The van der Waals surface area contributed by atoms with Crippen molar-refractivity contribution in [2.75, 3.05) is 45.7 Å². The van der Waals surface area contributed by atoms with Crippen molar-refractivity contribution in [1.29, 1.82) is 0 Å². The predicted molar refractivity (Wildman–Crippen MR) is 153 cm³/mol. The zero-order valence-electron chi connectivity index (χ0n) is 22.8. The molecule has 1 amide bonds. The van der Waals surface area contributed by atoms with Crippen molar-refractivity contribution in [2.45, 2.75) is 43.9 Å². The van der Waals surface area contributed by atoms with Gasteiger partial charge in [-0.2, -0.15) is 5.10 Å². The van der Waals surface area contributed by atoms with Crippen molar-refractivity contribution < 1.29 is 14.3 Å². The molecular formula is C30H36N6O3. The molecule has 9 nitrogen and oxygen atoms in total. The molecule has 2 aromatic carbocycles. The van der Waals surface area contributed by atoms with Gasteiger partial charge in [-0.05, 0) is 68.1 Å². The summed E-state index contributed by atoms with van der Waals surface area (Å²) < 4.78 is 10.9. The molecule has 0 radical (unpaired) electrons. The average Bonchev–Trinajstić information content (AvgIpc) is 3.33. The molecule has 0 spiro atoms. The first-order valence-corrected chi connectivity index (χ1v) is 13.7. The lowest BCUT2D eigenvalue weighted by Crippen LogP contribution is -2.54. The van der Waals surface area contributed by atoms with Gasteiger partial charge in [-0.3, -0.25) is 9.80 Å². The van der Waals surface area contributed by atoms with Crippen LogP contribution in [0.1, 0.15) is 41.6 Å². The van der Waals surface area contributed by atoms with E-state index in [9.17, 15) is 4.79 Å². The quantitative estimate of drug-likeness (QED) is 0.479. The smallest absolute Gasteiger partial charge is 0.254 e. The summed E-state index contributed by atoms with van der Waals surface area (Å²) in [4.78, 5) is 19.3. The van der Waals surface area contributed by atoms with Crippen LogP contribution in [0.15, 0.2) is 53.8 Å². The molecule has 2 unspecified atom stereocenters. The van der Waals surface area contributed by atoms with Gasteiger partial charge in [0, 0.05) is 55.5 Å². The molecule has 3 aliphatic heterocycles. The van der Waals surface area contributed by atoms with E-state index in [1.54, 1.807) is 25.2 Å². The molecule has 2 atom stereocenters. The fourth-order valence-corrected chi connectivity index (χ4v) is 5.94. The van der Waals surface area contributed by atoms with Gasteiger partial charge < -0.3 is 25.0 Å². The number of fused-ring (bicyclic) bond motifs is 1. The molecule has 4 heterocycles. The first-order chi connectivity index (χ1) is 19.1. The molecule has 1 aromatic heterocycles. The van der Waals surface area contributed by atoms with Crippen molar-refractivity contribution in [3.05, 3.63) is 59.8 Å². The largest absolute Gasteiger partial charge is 0.495 e. The lowest BCUT2D eigenvalue weighted by atomic mass is 9.89. The fraction of sp³-hybridized carbons (Fsp3) is 0.433. The van der Waals surface area contributed by atoms with Gasteiger partial charge in [0.05, 0.1) is 24.9 Å². The summed E-state index contributed by atoms with van der Waals surface area (Å²) in [6.07, 6.45) is 6.38. The minimum absolute atomic E-state index is 0.0208. The lowest BCUT2D eigenvalue weighted by molar-refractivity contribution is -0.0192. The van der Waals surface area contributed by atoms with E-state index in [0.717, 1.165) is 48.2 Å². The van der Waals surface area contributed by atoms with Crippen LogP contribution in [0.2, 0.25) is 0 Å². The van der Waals surface area contributed by atoms with Gasteiger partial charge in [-0.1, -0.05) is 18.2 Å². The number of pyridine rings is 1. The molecule has 0 aliphatic carbocycles. The van der Waals surface area contributed by atoms with Crippen LogP contribution >= 0.6 is 0 Å². The van der Waals surface area contributed by atoms with Crippen LogP contribution in [-0.2, 0) is 4.74 Å². The summed E-state index contributed by atoms with van der Waals surface area (Å²) in [6, 6.07) is 14.8. The molecule has 0 saturated carbocycles. The monoisotopic (exact) mass is 528 g/mol. The molecule has 2 N–H and O–H groups in total. The van der Waals surface area contributed by atoms with Crippen LogP contribution in [0.4, 0.5) is 11.5 Å². The number of carbonyl (C=O) groups is 1. The Kier molecular flexibility index (Phi) is 7.10. The van der Waals surface area contributed by atoms with Crippen LogP contribution in [0.25, 0.3) is 10.8 Å². The fourth-order valence-electron chi connectivity index (χ4n) is 5.94. The molecule has 0 bridgehead atoms. The van der Waals surface area contributed by atoms with Gasteiger partial charge >= 0.3 is 0 Å². The Morgan fingerprint density at radius 1 is 1.10 bits per heavy atom. The van der Waals surface area contributed by atoms with Gasteiger partial charge in [0.1, 0.15) is 11.6 Å². The highest BCUT2D eigenvalue weighted by molar-refractivity contribution is 5.96. The number of aromatic nitrogens is 1. The maximum Gasteiger partial charge on any atom is 0.254 e. The van der Waals surface area contributed by atoms with Gasteiger partial charge in [0.25, 0.3) is 5.91 Å². The number of carbonyl (C=O) groups excluding carboxylic acids is 1. The highest BCUT2D eigenvalue weighted by Crippen LogP contribution is 2.36. The van der Waals surface area contributed by atoms with Crippen molar-refractivity contribution >= 4 is 34.4 Å². The second-order valence-corrected chi connectivity index (χ2v) is 10.6. The molecule has 2 saturated heterocycles. The number of hydrogen-bond acceptors (Lipinski definition) is 8. The summed E-state index contributed by atoms with van der Waals surface area (Å²) in [5, 5.41) is 16.3. The molecule has 6 rings (SSSR count). The minimum Gasteiger partial charge on any atom is -0.495 e. The Morgan fingerprint density at radius 3 is 2.69 bits per heavy atom. The highest BCUT2D eigenvalue weighted by atomic mass is 16.5. The maximum atomic E-state index is 12.9. The van der Waals surface area contributed by atoms with Gasteiger partial charge in [0.2, 0.25) is 0 Å². The maximum absolute atomic E-state index is 12.9. The van der Waals surface area contributed by atoms with Crippen molar-refractivity contribution in [2.24, 2.45) is 5.10 Å². The van der Waals surface area contributed by atoms with Crippen LogP contribution in [-0.4, -0.2) is 85.6 Å². The molecular weight excluding hydrogens is 492 g/mol. The highest BCUT2D eigenvalue weighted by Gasteiger charge is 2.34. The van der Waals surface area contributed by atoms with Crippen molar-refractivity contribution in [3.8, 4) is 5.75 Å². The van der Waals surface area contributed by atoms with E-state index in [-0.39, 0.29) is 17.9 Å². The number of benzene rings is 2. The van der Waals surface area contributed by atoms with Crippen LogP contribution in [0, 0.1) is 0 Å². The van der Waals surface area contributed by atoms with E-state index in [1.165, 1.54) is 5.56 Å². The SMILES string of the molecule is COc1cc(C(=O)N2CC(OC)C2)ccc1Nc1cc2c(C3C=NN(C4CCNCC4)C3C)cccc2cn1. The number of hydrogen-bond donors (Lipinski definition) is 2. The third kappa shape index (κ3) is 4.92. The summed E-state index contributed by atoms with van der Waals surface area (Å²) in [5.41, 5.74) is 2.60. The zero-order valence-corrected chi connectivity index (χ0v) is 22.8. The summed E-state index contributed by atoms with van der Waals surface area (Å²) in [7, 11) is 3.28. The molecule has 204 valence electrons. The van der Waals surface area contributed by atoms with Gasteiger partial charge in [-0.25, -0.2) is 4.98 Å². The number of ether oxygens (including phenoxy) is 2. The first kappa shape index (κ1) is 25.6. The molecule has 39 heavy (non-hydrogen) atoms. The molecule has 9 heteroatoms. The van der Waals surface area contributed by atoms with Gasteiger partial charge in [-0.15, -0.1) is 0 Å². The third-order valence-electron chi connectivity index (χ3n) is 8.32. The topological polar surface area (TPSA) is 91.3 Å². The number of piperidine rings is 1. The van der Waals surface area contributed by atoms with E-state index in [0.29, 0.717) is 36.5 Å². The lowest BCUT2D eigenvalue weighted by Gasteiger charge is -2.38. The first-order valence-electron chi connectivity index (χ1n) is 13.7. The van der Waals surface area contributed by atoms with E-state index in [4.69, 9.17) is 14.6 Å². The zero-order chi connectivity index (χ0) is 26.9. The van der Waals surface area contributed by atoms with E-state index < -0.39 is 0 Å². The number of nitrogens with zero attached hydrogens (tertiary/aromatic N) is 4. The molecule has 3 aromatic rings. The Labute approximate surface area is 229 Å². The molecule has 3 aliphatic rings. The van der Waals surface area contributed by atoms with Crippen LogP contribution in [0.3, 0.4) is 0 Å². The summed E-state index contributed by atoms with van der Waals surface area (Å²) in [6.45, 7) is 5.60. The number of hydrazone groups is 1. The Hall–Kier alpha value is -3.69. The van der Waals surface area contributed by atoms with E-state index in [2.05, 4.69) is 58.0 Å². The van der Waals surface area contributed by atoms with E-state index in [1.807, 2.05) is 18.3 Å². The third-order valence-corrected chi connectivity index (χ3v) is 8.32. The number of nitrogens with one attached hydrogen (secondary N) is 2. The van der Waals surface area contributed by atoms with E-state index >= 15 is 0 Å². The average molecular weight is 529 g/mol. The second kappa shape index (κ2) is 10.8. The number of methoxy groups -OCH3 is 2. The van der Waals surface area contributed by atoms with Crippen LogP contribution < -0.4 is 15.4 Å². The molecule has 2 fully saturated rings. The number of amides is 1. The second-order valence-electron chi connectivity index (χ2n) is 10.6. The summed E-state index contributed by atoms with van der Waals surface area (Å²) >= 11 is 0. The summed E-state index contributed by atoms with van der Waals surface area (Å²) in [5.74, 6) is 1.50. The van der Waals surface area contributed by atoms with Crippen LogP contribution in [0.5, 0.6) is 5.75 Å². The predicted octanol–water partition coefficient (Wildman–Crippen LogP) is 3.98.